The Labute approximate surface area is 105 Å². The Hall–Kier alpha value is 0.0649. The Morgan fingerprint density at radius 3 is 1.88 bits per heavy atom. The SMILES string of the molecule is [B]CCC(CC)(CCC(C)C)C(C)C(C)C. The maximum Gasteiger partial charge on any atom is 0.0653 e. The van der Waals surface area contributed by atoms with Crippen molar-refractivity contribution in [1.29, 1.82) is 0 Å². The van der Waals surface area contributed by atoms with E-state index in [-0.39, 0.29) is 0 Å². The zero-order valence-corrected chi connectivity index (χ0v) is 12.3. The van der Waals surface area contributed by atoms with Gasteiger partial charge in [-0.3, -0.25) is 0 Å². The first-order chi connectivity index (χ1) is 7.39. The highest BCUT2D eigenvalue weighted by Crippen LogP contribution is 2.44. The number of hydrogen-bond donors (Lipinski definition) is 0. The molecule has 0 heterocycles. The molecule has 0 amide bonds. The summed E-state index contributed by atoms with van der Waals surface area (Å²) in [6.45, 7) is 14.1. The fraction of sp³-hybridized carbons (Fsp3) is 1.00. The van der Waals surface area contributed by atoms with E-state index in [1.165, 1.54) is 25.7 Å². The highest BCUT2D eigenvalue weighted by Gasteiger charge is 2.34. The zero-order valence-electron chi connectivity index (χ0n) is 12.3. The minimum absolute atomic E-state index is 0.479. The average Bonchev–Trinajstić information content (AvgIpc) is 2.23. The van der Waals surface area contributed by atoms with Gasteiger partial charge in [0.2, 0.25) is 0 Å². The maximum absolute atomic E-state index is 5.83. The molecule has 0 saturated carbocycles. The second-order valence-electron chi connectivity index (χ2n) is 6.22. The molecular weight excluding hydrogens is 191 g/mol. The molecule has 0 spiro atoms. The van der Waals surface area contributed by atoms with Crippen LogP contribution in [0, 0.1) is 23.2 Å². The van der Waals surface area contributed by atoms with E-state index < -0.39 is 0 Å². The molecule has 0 aliphatic rings. The molecule has 16 heavy (non-hydrogen) atoms. The Morgan fingerprint density at radius 2 is 1.56 bits per heavy atom. The van der Waals surface area contributed by atoms with E-state index in [1.807, 2.05) is 0 Å². The monoisotopic (exact) mass is 222 g/mol. The van der Waals surface area contributed by atoms with Crippen LogP contribution in [-0.4, -0.2) is 7.85 Å². The van der Waals surface area contributed by atoms with Crippen LogP contribution in [0.25, 0.3) is 0 Å². The maximum atomic E-state index is 5.83. The molecule has 2 unspecified atom stereocenters. The molecule has 0 saturated heterocycles. The van der Waals surface area contributed by atoms with Crippen molar-refractivity contribution in [3.8, 4) is 0 Å². The van der Waals surface area contributed by atoms with Gasteiger partial charge in [-0.15, -0.1) is 0 Å². The summed E-state index contributed by atoms with van der Waals surface area (Å²) in [5.74, 6) is 2.35. The number of rotatable bonds is 8. The van der Waals surface area contributed by atoms with Gasteiger partial charge in [-0.25, -0.2) is 0 Å². The van der Waals surface area contributed by atoms with Gasteiger partial charge < -0.3 is 0 Å². The summed E-state index contributed by atoms with van der Waals surface area (Å²) in [5.41, 5.74) is 0.479. The van der Waals surface area contributed by atoms with Gasteiger partial charge in [0.05, 0.1) is 7.85 Å². The van der Waals surface area contributed by atoms with Crippen LogP contribution in [0.1, 0.15) is 67.2 Å². The summed E-state index contributed by atoms with van der Waals surface area (Å²) >= 11 is 0. The lowest BCUT2D eigenvalue weighted by Gasteiger charge is -2.42. The van der Waals surface area contributed by atoms with Crippen molar-refractivity contribution in [1.82, 2.24) is 0 Å². The first-order valence-corrected chi connectivity index (χ1v) is 7.09. The molecule has 2 radical (unpaired) electrons. The molecule has 0 aromatic carbocycles. The normalized spacial score (nSPS) is 17.8. The minimum atomic E-state index is 0.479. The van der Waals surface area contributed by atoms with Gasteiger partial charge in [-0.2, -0.15) is 0 Å². The quantitative estimate of drug-likeness (QED) is 0.502. The van der Waals surface area contributed by atoms with Crippen molar-refractivity contribution in [2.75, 3.05) is 0 Å². The van der Waals surface area contributed by atoms with Gasteiger partial charge >= 0.3 is 0 Å². The van der Waals surface area contributed by atoms with E-state index in [0.29, 0.717) is 5.41 Å². The van der Waals surface area contributed by atoms with Crippen LogP contribution in [0.2, 0.25) is 6.32 Å². The predicted molar refractivity (Wildman–Crippen MR) is 76.0 cm³/mol. The molecule has 0 aromatic rings. The van der Waals surface area contributed by atoms with Crippen molar-refractivity contribution in [2.45, 2.75) is 73.5 Å². The highest BCUT2D eigenvalue weighted by atomic mass is 14.4. The molecule has 0 rings (SSSR count). The summed E-state index contributed by atoms with van der Waals surface area (Å²) in [6, 6.07) is 0. The average molecular weight is 222 g/mol. The van der Waals surface area contributed by atoms with Crippen molar-refractivity contribution < 1.29 is 0 Å². The van der Waals surface area contributed by atoms with E-state index in [1.54, 1.807) is 0 Å². The molecule has 0 aliphatic carbocycles. The van der Waals surface area contributed by atoms with Gasteiger partial charge in [0.25, 0.3) is 0 Å². The lowest BCUT2D eigenvalue weighted by Crippen LogP contribution is -2.32. The van der Waals surface area contributed by atoms with Crippen molar-refractivity contribution in [3.63, 3.8) is 0 Å². The van der Waals surface area contributed by atoms with Crippen LogP contribution in [-0.2, 0) is 0 Å². The number of hydrogen-bond acceptors (Lipinski definition) is 0. The first-order valence-electron chi connectivity index (χ1n) is 7.09. The molecule has 0 aromatic heterocycles. The zero-order chi connectivity index (χ0) is 12.8. The summed E-state index contributed by atoms with van der Waals surface area (Å²) in [4.78, 5) is 0. The molecule has 1 heteroatoms. The van der Waals surface area contributed by atoms with Crippen LogP contribution in [0.4, 0.5) is 0 Å². The summed E-state index contributed by atoms with van der Waals surface area (Å²) in [5, 5.41) is 0. The van der Waals surface area contributed by atoms with E-state index in [4.69, 9.17) is 7.85 Å². The third-order valence-corrected chi connectivity index (χ3v) is 4.53. The van der Waals surface area contributed by atoms with Gasteiger partial charge in [0, 0.05) is 0 Å². The lowest BCUT2D eigenvalue weighted by atomic mass is 9.62. The van der Waals surface area contributed by atoms with Gasteiger partial charge in [-0.1, -0.05) is 67.1 Å². The molecule has 0 nitrogen and oxygen atoms in total. The van der Waals surface area contributed by atoms with Crippen LogP contribution < -0.4 is 0 Å². The summed E-state index contributed by atoms with van der Waals surface area (Å²) in [7, 11) is 5.83. The van der Waals surface area contributed by atoms with Crippen LogP contribution >= 0.6 is 0 Å². The Balaban J connectivity index is 4.69. The van der Waals surface area contributed by atoms with Crippen LogP contribution in [0.15, 0.2) is 0 Å². The molecule has 0 bridgehead atoms. The van der Waals surface area contributed by atoms with Crippen molar-refractivity contribution >= 4 is 7.85 Å². The third-order valence-electron chi connectivity index (χ3n) is 4.53. The molecule has 0 aliphatic heterocycles. The van der Waals surface area contributed by atoms with E-state index in [9.17, 15) is 0 Å². The van der Waals surface area contributed by atoms with E-state index in [0.717, 1.165) is 24.1 Å². The standard InChI is InChI=1S/C15H31B/c1-7-15(10-11-16,9-8-12(2)3)14(6)13(4)5/h12-14H,7-11H2,1-6H3. The minimum Gasteiger partial charge on any atom is -0.0882 e. The lowest BCUT2D eigenvalue weighted by molar-refractivity contribution is 0.0951. The van der Waals surface area contributed by atoms with Crippen molar-refractivity contribution in [2.24, 2.45) is 23.2 Å². The van der Waals surface area contributed by atoms with Gasteiger partial charge in [0.15, 0.2) is 0 Å². The second kappa shape index (κ2) is 7.40. The Kier molecular flexibility index (Phi) is 7.43. The summed E-state index contributed by atoms with van der Waals surface area (Å²) < 4.78 is 0. The largest absolute Gasteiger partial charge is 0.0882 e. The predicted octanol–water partition coefficient (Wildman–Crippen LogP) is 5.09. The fourth-order valence-corrected chi connectivity index (χ4v) is 2.83. The topological polar surface area (TPSA) is 0 Å². The Bertz CT molecular complexity index is 174. The van der Waals surface area contributed by atoms with Crippen molar-refractivity contribution in [3.05, 3.63) is 0 Å². The van der Waals surface area contributed by atoms with Gasteiger partial charge in [0.1, 0.15) is 0 Å². The van der Waals surface area contributed by atoms with E-state index >= 15 is 0 Å². The molecular formula is C15H31B. The first kappa shape index (κ1) is 16.1. The highest BCUT2D eigenvalue weighted by molar-refractivity contribution is 6.08. The van der Waals surface area contributed by atoms with Crippen LogP contribution in [0.3, 0.4) is 0 Å². The smallest absolute Gasteiger partial charge is 0.0653 e. The van der Waals surface area contributed by atoms with Crippen LogP contribution in [0.5, 0.6) is 0 Å². The Morgan fingerprint density at radius 1 is 1.00 bits per heavy atom. The fourth-order valence-electron chi connectivity index (χ4n) is 2.83. The molecule has 0 fully saturated rings. The molecule has 2 atom stereocenters. The molecule has 94 valence electrons. The van der Waals surface area contributed by atoms with E-state index in [2.05, 4.69) is 41.5 Å². The third kappa shape index (κ3) is 4.51. The van der Waals surface area contributed by atoms with Gasteiger partial charge in [-0.05, 0) is 29.6 Å². The molecule has 0 N–H and O–H groups in total. The summed E-state index contributed by atoms with van der Waals surface area (Å²) in [6.07, 6.45) is 5.98. The second-order valence-corrected chi connectivity index (χ2v) is 6.22.